The summed E-state index contributed by atoms with van der Waals surface area (Å²) in [7, 11) is -2.85. The summed E-state index contributed by atoms with van der Waals surface area (Å²) in [5.74, 6) is 3.01. The Labute approximate surface area is 342 Å². The molecule has 8 rings (SSSR count). The van der Waals surface area contributed by atoms with Gasteiger partial charge in [-0.1, -0.05) is 64.8 Å². The van der Waals surface area contributed by atoms with Crippen LogP contribution in [0, 0.1) is 50.7 Å². The fraction of sp³-hybridized carbons (Fsp3) is 0.783. The zero-order chi connectivity index (χ0) is 39.8. The van der Waals surface area contributed by atoms with Crippen LogP contribution in [0.4, 0.5) is 0 Å². The molecule has 1 aromatic heterocycles. The zero-order valence-corrected chi connectivity index (χ0v) is 36.4. The third-order valence-electron chi connectivity index (χ3n) is 18.2. The SMILES string of the molecule is CC1(C)C(C2=CCC(CCOc3ncccc3Cl)(C(=O)O)CC2)=CC[C@@]2(C)C1CC[C@]1(C)C2CC[C@@H]2[C@H]3CCC[C@]3(NCCN3CCS(=O)(=O)CC3)CC[C@]21C. The minimum atomic E-state index is -2.85. The monoisotopic (exact) mass is 809 g/mol. The lowest BCUT2D eigenvalue weighted by molar-refractivity contribution is -0.218. The highest BCUT2D eigenvalue weighted by Gasteiger charge is 2.69. The van der Waals surface area contributed by atoms with E-state index in [-0.39, 0.29) is 23.0 Å². The van der Waals surface area contributed by atoms with E-state index in [2.05, 4.69) is 62.0 Å². The summed E-state index contributed by atoms with van der Waals surface area (Å²) in [6.07, 6.45) is 21.7. The second-order valence-corrected chi connectivity index (χ2v) is 23.4. The van der Waals surface area contributed by atoms with Crippen LogP contribution in [-0.2, 0) is 14.6 Å². The van der Waals surface area contributed by atoms with E-state index >= 15 is 0 Å². The average Bonchev–Trinajstić information content (AvgIpc) is 3.58. The predicted molar refractivity (Wildman–Crippen MR) is 224 cm³/mol. The molecule has 5 fully saturated rings. The first-order valence-corrected chi connectivity index (χ1v) is 24.2. The second-order valence-electron chi connectivity index (χ2n) is 20.7. The van der Waals surface area contributed by atoms with E-state index in [4.69, 9.17) is 16.3 Å². The van der Waals surface area contributed by atoms with E-state index in [1.165, 1.54) is 68.9 Å². The maximum atomic E-state index is 12.8. The number of nitrogens with one attached hydrogen (secondary N) is 1. The van der Waals surface area contributed by atoms with Crippen molar-refractivity contribution in [2.24, 2.45) is 50.7 Å². The van der Waals surface area contributed by atoms with Crippen LogP contribution < -0.4 is 10.1 Å². The Morgan fingerprint density at radius 1 is 0.946 bits per heavy atom. The van der Waals surface area contributed by atoms with Gasteiger partial charge in [-0.05, 0) is 152 Å². The molecule has 56 heavy (non-hydrogen) atoms. The standard InChI is InChI=1S/C46H68ClN3O5S/c1-41(2)33(32-12-19-45(20-13-32,40(51)52)23-29-55-39-36(47)9-7-24-48-39)14-17-42(3)37(41)15-18-44(5)38(42)11-10-34-35-8-6-16-46(35,22-21-43(34,44)4)49-25-26-50-27-30-56(53,54)31-28-50/h7,9,12,14,24,34-35,37-38,49H,6,8,10-11,13,15-23,25-31H2,1-5H3,(H,51,52)/t34-,35-,37?,38?,42+,43-,44-,45?,46+/m1/s1. The molecule has 8 nitrogen and oxygen atoms in total. The van der Waals surface area contributed by atoms with Crippen LogP contribution in [0.5, 0.6) is 5.88 Å². The number of fused-ring (bicyclic) bond motifs is 7. The molecule has 6 aliphatic carbocycles. The summed E-state index contributed by atoms with van der Waals surface area (Å²) in [6, 6.07) is 3.50. The number of carboxylic acids is 1. The molecule has 10 heteroatoms. The van der Waals surface area contributed by atoms with Gasteiger partial charge in [0.2, 0.25) is 5.88 Å². The number of ether oxygens (including phenoxy) is 1. The van der Waals surface area contributed by atoms with Gasteiger partial charge in [0.1, 0.15) is 5.02 Å². The van der Waals surface area contributed by atoms with Crippen molar-refractivity contribution in [2.45, 2.75) is 130 Å². The molecule has 0 bridgehead atoms. The molecule has 0 amide bonds. The number of pyridine rings is 1. The van der Waals surface area contributed by atoms with Crippen molar-refractivity contribution in [1.82, 2.24) is 15.2 Å². The Bertz CT molecular complexity index is 1850. The summed E-state index contributed by atoms with van der Waals surface area (Å²) >= 11 is 6.25. The summed E-state index contributed by atoms with van der Waals surface area (Å²) in [4.78, 5) is 19.3. The lowest BCUT2D eigenvalue weighted by Gasteiger charge is -2.72. The molecule has 2 N–H and O–H groups in total. The number of allylic oxidation sites excluding steroid dienone is 4. The average molecular weight is 811 g/mol. The number of rotatable bonds is 10. The fourth-order valence-corrected chi connectivity index (χ4v) is 16.4. The van der Waals surface area contributed by atoms with Gasteiger partial charge < -0.3 is 20.1 Å². The van der Waals surface area contributed by atoms with E-state index in [1.54, 1.807) is 18.3 Å². The first-order valence-electron chi connectivity index (χ1n) is 22.0. The number of carboxylic acid groups (broad SMARTS) is 1. The largest absolute Gasteiger partial charge is 0.481 e. The van der Waals surface area contributed by atoms with Gasteiger partial charge in [0.15, 0.2) is 9.84 Å². The van der Waals surface area contributed by atoms with Crippen molar-refractivity contribution in [1.29, 1.82) is 0 Å². The highest BCUT2D eigenvalue weighted by Crippen LogP contribution is 2.76. The van der Waals surface area contributed by atoms with Gasteiger partial charge in [0.25, 0.3) is 0 Å². The molecule has 2 heterocycles. The molecule has 3 unspecified atom stereocenters. The number of hydrogen-bond donors (Lipinski definition) is 2. The molecule has 7 aliphatic rings. The van der Waals surface area contributed by atoms with E-state index in [0.717, 1.165) is 37.8 Å². The number of aliphatic carboxylic acids is 1. The Morgan fingerprint density at radius 2 is 1.73 bits per heavy atom. The van der Waals surface area contributed by atoms with E-state index in [9.17, 15) is 18.3 Å². The van der Waals surface area contributed by atoms with Crippen LogP contribution in [0.3, 0.4) is 0 Å². The van der Waals surface area contributed by atoms with Crippen LogP contribution in [-0.4, -0.2) is 79.2 Å². The van der Waals surface area contributed by atoms with Gasteiger partial charge in [0.05, 0.1) is 23.5 Å². The Kier molecular flexibility index (Phi) is 10.7. The predicted octanol–water partition coefficient (Wildman–Crippen LogP) is 9.15. The van der Waals surface area contributed by atoms with E-state index in [1.807, 2.05) is 0 Å². The fourth-order valence-electron chi connectivity index (χ4n) is 15.0. The normalized spacial score (nSPS) is 41.6. The molecule has 0 radical (unpaired) electrons. The molecule has 1 aliphatic heterocycles. The third-order valence-corrected chi connectivity index (χ3v) is 20.1. The third kappa shape index (κ3) is 6.63. The van der Waals surface area contributed by atoms with Crippen LogP contribution in [0.15, 0.2) is 41.6 Å². The summed E-state index contributed by atoms with van der Waals surface area (Å²) in [5.41, 5.74) is 3.15. The number of hydrogen-bond acceptors (Lipinski definition) is 7. The van der Waals surface area contributed by atoms with Crippen LogP contribution in [0.25, 0.3) is 0 Å². The number of sulfone groups is 1. The molecular weight excluding hydrogens is 742 g/mol. The van der Waals surface area contributed by atoms with Gasteiger partial charge in [-0.3, -0.25) is 4.79 Å². The lowest BCUT2D eigenvalue weighted by Crippen LogP contribution is -2.67. The summed E-state index contributed by atoms with van der Waals surface area (Å²) in [6.45, 7) is 16.6. The zero-order valence-electron chi connectivity index (χ0n) is 34.8. The quantitative estimate of drug-likeness (QED) is 0.241. The van der Waals surface area contributed by atoms with Gasteiger partial charge in [-0.25, -0.2) is 13.4 Å². The van der Waals surface area contributed by atoms with Crippen molar-refractivity contribution in [3.05, 3.63) is 46.7 Å². The van der Waals surface area contributed by atoms with Crippen LogP contribution in [0.1, 0.15) is 125 Å². The van der Waals surface area contributed by atoms with Crippen molar-refractivity contribution in [2.75, 3.05) is 44.3 Å². The smallest absolute Gasteiger partial charge is 0.310 e. The van der Waals surface area contributed by atoms with E-state index in [0.29, 0.717) is 77.4 Å². The Balaban J connectivity index is 0.960. The van der Waals surface area contributed by atoms with Crippen molar-refractivity contribution < 1.29 is 23.1 Å². The molecule has 9 atom stereocenters. The Morgan fingerprint density at radius 3 is 2.45 bits per heavy atom. The van der Waals surface area contributed by atoms with Crippen LogP contribution in [0.2, 0.25) is 5.02 Å². The van der Waals surface area contributed by atoms with Gasteiger partial charge in [-0.2, -0.15) is 0 Å². The molecule has 1 aromatic rings. The highest BCUT2D eigenvalue weighted by atomic mass is 35.5. The topological polar surface area (TPSA) is 109 Å². The number of nitrogens with zero attached hydrogens (tertiary/aromatic N) is 2. The van der Waals surface area contributed by atoms with Crippen molar-refractivity contribution in [3.63, 3.8) is 0 Å². The molecule has 4 saturated carbocycles. The number of halogens is 1. The van der Waals surface area contributed by atoms with Gasteiger partial charge in [-0.15, -0.1) is 0 Å². The van der Waals surface area contributed by atoms with E-state index < -0.39 is 21.2 Å². The van der Waals surface area contributed by atoms with Crippen molar-refractivity contribution >= 4 is 27.4 Å². The summed E-state index contributed by atoms with van der Waals surface area (Å²) < 4.78 is 29.9. The first kappa shape index (κ1) is 40.8. The molecular formula is C46H68ClN3O5S. The van der Waals surface area contributed by atoms with Gasteiger partial charge in [0, 0.05) is 37.9 Å². The minimum absolute atomic E-state index is 0.0234. The number of aromatic nitrogens is 1. The Hall–Kier alpha value is -1.94. The molecule has 0 aromatic carbocycles. The lowest BCUT2D eigenvalue weighted by atomic mass is 9.33. The number of carbonyl (C=O) groups is 1. The minimum Gasteiger partial charge on any atom is -0.481 e. The van der Waals surface area contributed by atoms with Gasteiger partial charge >= 0.3 is 5.97 Å². The summed E-state index contributed by atoms with van der Waals surface area (Å²) in [5, 5.41) is 15.1. The highest BCUT2D eigenvalue weighted by molar-refractivity contribution is 7.91. The second kappa shape index (κ2) is 14.7. The first-order chi connectivity index (χ1) is 26.5. The van der Waals surface area contributed by atoms with Crippen molar-refractivity contribution in [3.8, 4) is 5.88 Å². The molecule has 310 valence electrons. The molecule has 1 saturated heterocycles. The molecule has 0 spiro atoms. The maximum Gasteiger partial charge on any atom is 0.310 e. The van der Waals surface area contributed by atoms with Crippen LogP contribution >= 0.6 is 11.6 Å². The maximum absolute atomic E-state index is 12.8.